The maximum Gasteiger partial charge on any atom is 0.150 e. The van der Waals surface area contributed by atoms with Crippen LogP contribution in [0.1, 0.15) is 10.4 Å². The fraction of sp³-hybridized carbons (Fsp3) is 0. The third-order valence-corrected chi connectivity index (χ3v) is 1.75. The molecule has 0 N–H and O–H groups in total. The van der Waals surface area contributed by atoms with Gasteiger partial charge in [-0.1, -0.05) is 12.1 Å². The van der Waals surface area contributed by atoms with E-state index < -0.39 is 0 Å². The second-order valence-corrected chi connectivity index (χ2v) is 2.47. The number of benzene rings is 1. The van der Waals surface area contributed by atoms with Gasteiger partial charge in [-0.25, -0.2) is 0 Å². The molecule has 0 bridgehead atoms. The molecule has 0 amide bonds. The average Bonchev–Trinajstić information content (AvgIpc) is 2.17. The largest absolute Gasteiger partial charge is 0.298 e. The number of hydrogen-bond donors (Lipinski definition) is 0. The van der Waals surface area contributed by atoms with Gasteiger partial charge in [0.2, 0.25) is 0 Å². The van der Waals surface area contributed by atoms with Gasteiger partial charge < -0.3 is 0 Å². The summed E-state index contributed by atoms with van der Waals surface area (Å²) in [6.07, 6.45) is 2.43. The van der Waals surface area contributed by atoms with Crippen LogP contribution in [0.5, 0.6) is 0 Å². The van der Waals surface area contributed by atoms with Crippen molar-refractivity contribution in [3.05, 3.63) is 42.1 Å². The molecule has 1 aromatic carbocycles. The molecule has 2 rings (SSSR count). The normalized spacial score (nSPS) is 10.0. The molecule has 0 saturated heterocycles. The minimum Gasteiger partial charge on any atom is -0.298 e. The Balaban J connectivity index is 2.88. The summed E-state index contributed by atoms with van der Waals surface area (Å²) in [5, 5.41) is 0.856. The third kappa shape index (κ3) is 0.975. The predicted molar refractivity (Wildman–Crippen MR) is 46.0 cm³/mol. The van der Waals surface area contributed by atoms with Crippen LogP contribution in [0.2, 0.25) is 0 Å². The number of carbonyl (C=O) groups is 1. The van der Waals surface area contributed by atoms with Crippen molar-refractivity contribution in [3.8, 4) is 0 Å². The van der Waals surface area contributed by atoms with E-state index in [1.165, 1.54) is 0 Å². The zero-order valence-corrected chi connectivity index (χ0v) is 6.32. The first-order valence-corrected chi connectivity index (χ1v) is 3.62. The van der Waals surface area contributed by atoms with Crippen LogP contribution in [0.4, 0.5) is 0 Å². The van der Waals surface area contributed by atoms with Crippen molar-refractivity contribution in [2.75, 3.05) is 0 Å². The highest BCUT2D eigenvalue weighted by Gasteiger charge is 1.97. The van der Waals surface area contributed by atoms with Crippen molar-refractivity contribution in [1.29, 1.82) is 0 Å². The fourth-order valence-corrected chi connectivity index (χ4v) is 1.17. The topological polar surface area (TPSA) is 30.0 Å². The molecule has 2 heteroatoms. The molecule has 0 fully saturated rings. The molecule has 2 nitrogen and oxygen atoms in total. The number of pyridine rings is 1. The van der Waals surface area contributed by atoms with Gasteiger partial charge in [-0.2, -0.15) is 0 Å². The standard InChI is InChI=1S/C10H6NO/c12-7-8-3-1-5-10-9(8)4-2-6-11-10/h1,3-7H. The van der Waals surface area contributed by atoms with E-state index in [2.05, 4.69) is 11.1 Å². The molecule has 2 aromatic rings. The van der Waals surface area contributed by atoms with E-state index in [0.717, 1.165) is 17.2 Å². The summed E-state index contributed by atoms with van der Waals surface area (Å²) in [4.78, 5) is 14.7. The lowest BCUT2D eigenvalue weighted by Crippen LogP contribution is -1.84. The lowest BCUT2D eigenvalue weighted by Gasteiger charge is -1.96. The minimum absolute atomic E-state index is 0.664. The molecule has 0 aliphatic rings. The first-order chi connectivity index (χ1) is 5.92. The Labute approximate surface area is 69.9 Å². The Bertz CT molecular complexity index is 418. The molecular formula is C10H6NO. The lowest BCUT2D eigenvalue weighted by atomic mass is 10.1. The molecule has 1 radical (unpaired) electrons. The highest BCUT2D eigenvalue weighted by Crippen LogP contribution is 2.13. The van der Waals surface area contributed by atoms with E-state index in [0.29, 0.717) is 5.56 Å². The van der Waals surface area contributed by atoms with E-state index in [1.807, 2.05) is 12.1 Å². The molecule has 0 aliphatic carbocycles. The minimum atomic E-state index is 0.664. The second kappa shape index (κ2) is 2.74. The Morgan fingerprint density at radius 3 is 3.17 bits per heavy atom. The number of fused-ring (bicyclic) bond motifs is 1. The van der Waals surface area contributed by atoms with Gasteiger partial charge in [0.05, 0.1) is 5.52 Å². The molecule has 0 aliphatic heterocycles. The van der Waals surface area contributed by atoms with Gasteiger partial charge in [-0.15, -0.1) is 0 Å². The van der Waals surface area contributed by atoms with Crippen LogP contribution in [-0.4, -0.2) is 11.3 Å². The van der Waals surface area contributed by atoms with Gasteiger partial charge >= 0.3 is 0 Å². The first-order valence-electron chi connectivity index (χ1n) is 3.62. The van der Waals surface area contributed by atoms with Crippen LogP contribution in [0.15, 0.2) is 30.5 Å². The van der Waals surface area contributed by atoms with Gasteiger partial charge in [-0.3, -0.25) is 9.78 Å². The Kier molecular flexibility index (Phi) is 1.59. The summed E-state index contributed by atoms with van der Waals surface area (Å²) < 4.78 is 0. The Hall–Kier alpha value is -1.70. The van der Waals surface area contributed by atoms with Gasteiger partial charge in [0.15, 0.2) is 6.29 Å². The molecule has 57 valence electrons. The zero-order valence-electron chi connectivity index (χ0n) is 6.32. The number of aldehydes is 1. The number of nitrogens with zero attached hydrogens (tertiary/aromatic N) is 1. The van der Waals surface area contributed by atoms with Crippen molar-refractivity contribution < 1.29 is 4.79 Å². The Morgan fingerprint density at radius 2 is 2.33 bits per heavy atom. The molecule has 0 unspecified atom stereocenters. The maximum atomic E-state index is 10.6. The van der Waals surface area contributed by atoms with Crippen molar-refractivity contribution in [3.63, 3.8) is 0 Å². The van der Waals surface area contributed by atoms with Gasteiger partial charge in [0, 0.05) is 23.2 Å². The summed E-state index contributed by atoms with van der Waals surface area (Å²) in [5.74, 6) is 0. The number of hydrogen-bond acceptors (Lipinski definition) is 2. The zero-order chi connectivity index (χ0) is 8.39. The van der Waals surface area contributed by atoms with Gasteiger partial charge in [-0.05, 0) is 12.1 Å². The van der Waals surface area contributed by atoms with Crippen LogP contribution in [0.25, 0.3) is 10.9 Å². The summed E-state index contributed by atoms with van der Waals surface area (Å²) in [6, 6.07) is 10.1. The van der Waals surface area contributed by atoms with Crippen LogP contribution < -0.4 is 0 Å². The highest BCUT2D eigenvalue weighted by molar-refractivity contribution is 5.96. The SMILES string of the molecule is O=Cc1cccc2nc[c]cc12. The van der Waals surface area contributed by atoms with Crippen LogP contribution in [0.3, 0.4) is 0 Å². The number of rotatable bonds is 1. The van der Waals surface area contributed by atoms with Crippen LogP contribution >= 0.6 is 0 Å². The average molecular weight is 156 g/mol. The van der Waals surface area contributed by atoms with E-state index >= 15 is 0 Å². The van der Waals surface area contributed by atoms with E-state index in [-0.39, 0.29) is 0 Å². The van der Waals surface area contributed by atoms with E-state index in [9.17, 15) is 4.79 Å². The molecule has 0 spiro atoms. The van der Waals surface area contributed by atoms with E-state index in [1.54, 1.807) is 18.3 Å². The van der Waals surface area contributed by atoms with Crippen molar-refractivity contribution in [1.82, 2.24) is 4.98 Å². The van der Waals surface area contributed by atoms with E-state index in [4.69, 9.17) is 0 Å². The van der Waals surface area contributed by atoms with Crippen molar-refractivity contribution >= 4 is 17.2 Å². The highest BCUT2D eigenvalue weighted by atomic mass is 16.1. The third-order valence-electron chi connectivity index (χ3n) is 1.75. The smallest absolute Gasteiger partial charge is 0.150 e. The molecule has 1 aromatic heterocycles. The summed E-state index contributed by atoms with van der Waals surface area (Å²) in [6.45, 7) is 0. The monoisotopic (exact) mass is 156 g/mol. The summed E-state index contributed by atoms with van der Waals surface area (Å²) in [5.41, 5.74) is 1.50. The maximum absolute atomic E-state index is 10.6. The van der Waals surface area contributed by atoms with Crippen LogP contribution in [-0.2, 0) is 0 Å². The van der Waals surface area contributed by atoms with Crippen LogP contribution in [0, 0.1) is 6.07 Å². The molecule has 0 atom stereocenters. The molecular weight excluding hydrogens is 150 g/mol. The molecule has 12 heavy (non-hydrogen) atoms. The first kappa shape index (κ1) is 6.98. The fourth-order valence-electron chi connectivity index (χ4n) is 1.17. The van der Waals surface area contributed by atoms with Crippen molar-refractivity contribution in [2.45, 2.75) is 0 Å². The summed E-state index contributed by atoms with van der Waals surface area (Å²) >= 11 is 0. The predicted octanol–water partition coefficient (Wildman–Crippen LogP) is 1.85. The molecule has 0 saturated carbocycles. The molecule has 1 heterocycles. The second-order valence-electron chi connectivity index (χ2n) is 2.47. The van der Waals surface area contributed by atoms with Gasteiger partial charge in [0.1, 0.15) is 0 Å². The van der Waals surface area contributed by atoms with Gasteiger partial charge in [0.25, 0.3) is 0 Å². The number of aromatic nitrogens is 1. The summed E-state index contributed by atoms with van der Waals surface area (Å²) in [7, 11) is 0. The number of carbonyl (C=O) groups excluding carboxylic acids is 1. The Morgan fingerprint density at radius 1 is 1.42 bits per heavy atom. The van der Waals surface area contributed by atoms with Crippen molar-refractivity contribution in [2.24, 2.45) is 0 Å². The lowest BCUT2D eigenvalue weighted by molar-refractivity contribution is 0.112. The quantitative estimate of drug-likeness (QED) is 0.590.